The van der Waals surface area contributed by atoms with Crippen molar-refractivity contribution in [3.8, 4) is 17.6 Å². The monoisotopic (exact) mass is 438 g/mol. The first-order valence-electron chi connectivity index (χ1n) is 10.7. The van der Waals surface area contributed by atoms with Gasteiger partial charge in [-0.1, -0.05) is 0 Å². The van der Waals surface area contributed by atoms with E-state index >= 15 is 0 Å². The summed E-state index contributed by atoms with van der Waals surface area (Å²) in [6, 6.07) is 10.3. The second-order valence-corrected chi connectivity index (χ2v) is 7.87. The zero-order valence-electron chi connectivity index (χ0n) is 17.8. The molecule has 1 aromatic carbocycles. The molecule has 0 unspecified atom stereocenters. The van der Waals surface area contributed by atoms with Crippen LogP contribution in [0.25, 0.3) is 5.69 Å². The third-order valence-electron chi connectivity index (χ3n) is 5.59. The zero-order valence-corrected chi connectivity index (χ0v) is 17.8. The molecular weight excluding hydrogens is 412 g/mol. The molecule has 3 heterocycles. The van der Waals surface area contributed by atoms with Gasteiger partial charge >= 0.3 is 0 Å². The predicted octanol–water partition coefficient (Wildman–Crippen LogP) is 0.545. The first-order valence-corrected chi connectivity index (χ1v) is 10.7. The van der Waals surface area contributed by atoms with Crippen molar-refractivity contribution >= 4 is 11.8 Å². The Morgan fingerprint density at radius 1 is 1.19 bits per heavy atom. The molecule has 2 aliphatic heterocycles. The van der Waals surface area contributed by atoms with E-state index in [-0.39, 0.29) is 36.0 Å². The Balaban J connectivity index is 1.56. The van der Waals surface area contributed by atoms with E-state index in [0.29, 0.717) is 50.6 Å². The van der Waals surface area contributed by atoms with Gasteiger partial charge in [-0.2, -0.15) is 10.4 Å². The van der Waals surface area contributed by atoms with Gasteiger partial charge in [-0.15, -0.1) is 0 Å². The quantitative estimate of drug-likeness (QED) is 0.722. The molecule has 4 rings (SSSR count). The number of aromatic nitrogens is 2. The molecule has 2 amide bonds. The molecule has 10 nitrogen and oxygen atoms in total. The summed E-state index contributed by atoms with van der Waals surface area (Å²) in [6.07, 6.45) is 1.74. The van der Waals surface area contributed by atoms with Crippen LogP contribution in [0.2, 0.25) is 0 Å². The minimum Gasteiger partial charge on any atom is -0.467 e. The second kappa shape index (κ2) is 9.80. The molecule has 0 radical (unpaired) electrons. The molecule has 0 aliphatic carbocycles. The Kier molecular flexibility index (Phi) is 6.68. The molecule has 2 N–H and O–H groups in total. The molecule has 2 aliphatic rings. The van der Waals surface area contributed by atoms with Crippen LogP contribution >= 0.6 is 0 Å². The number of amides is 2. The highest BCUT2D eigenvalue weighted by atomic mass is 16.5. The van der Waals surface area contributed by atoms with Crippen LogP contribution in [-0.4, -0.2) is 83.4 Å². The van der Waals surface area contributed by atoms with E-state index in [1.54, 1.807) is 40.1 Å². The van der Waals surface area contributed by atoms with Gasteiger partial charge in [0.15, 0.2) is 12.3 Å². The third-order valence-corrected chi connectivity index (χ3v) is 5.59. The van der Waals surface area contributed by atoms with E-state index < -0.39 is 0 Å². The standard InChI is InChI=1S/C22H26N6O4/c23-13-16-3-5-18(6-4-16)28-21(32-15-20(29)26-8-10-31-11-9-26)12-19(25-28)22(30)27-7-1-2-17(24)14-27/h3-6,12,17H,1-2,7-11,14-15,24H2/t17-/m1/s1. The lowest BCUT2D eigenvalue weighted by atomic mass is 10.1. The van der Waals surface area contributed by atoms with Gasteiger partial charge in [0, 0.05) is 38.3 Å². The van der Waals surface area contributed by atoms with Gasteiger partial charge in [0.25, 0.3) is 11.8 Å². The SMILES string of the molecule is N#Cc1ccc(-n2nc(C(=O)N3CCC[C@@H](N)C3)cc2OCC(=O)N2CCOCC2)cc1. The molecule has 10 heteroatoms. The van der Waals surface area contributed by atoms with Gasteiger partial charge in [-0.25, -0.2) is 4.68 Å². The van der Waals surface area contributed by atoms with Crippen LogP contribution in [-0.2, 0) is 9.53 Å². The Hall–Kier alpha value is -3.42. The first kappa shape index (κ1) is 21.8. The minimum atomic E-state index is -0.225. The van der Waals surface area contributed by atoms with Crippen molar-refractivity contribution < 1.29 is 19.1 Å². The summed E-state index contributed by atoms with van der Waals surface area (Å²) in [5.41, 5.74) is 7.37. The van der Waals surface area contributed by atoms with Gasteiger partial charge in [-0.3, -0.25) is 9.59 Å². The molecule has 1 atom stereocenters. The zero-order chi connectivity index (χ0) is 22.5. The Morgan fingerprint density at radius 3 is 2.62 bits per heavy atom. The van der Waals surface area contributed by atoms with Crippen LogP contribution in [0, 0.1) is 11.3 Å². The summed E-state index contributed by atoms with van der Waals surface area (Å²) >= 11 is 0. The van der Waals surface area contributed by atoms with E-state index in [1.807, 2.05) is 0 Å². The molecule has 2 aromatic rings. The normalized spacial score (nSPS) is 18.8. The first-order chi connectivity index (χ1) is 15.5. The smallest absolute Gasteiger partial charge is 0.274 e. The fraction of sp³-hybridized carbons (Fsp3) is 0.455. The van der Waals surface area contributed by atoms with Gasteiger partial charge in [-0.05, 0) is 37.1 Å². The fourth-order valence-corrected chi connectivity index (χ4v) is 3.83. The number of hydrogen-bond acceptors (Lipinski definition) is 7. The van der Waals surface area contributed by atoms with E-state index in [4.69, 9.17) is 20.5 Å². The molecule has 2 fully saturated rings. The lowest BCUT2D eigenvalue weighted by Crippen LogP contribution is -2.45. The predicted molar refractivity (Wildman–Crippen MR) is 114 cm³/mol. The number of benzene rings is 1. The number of hydrogen-bond donors (Lipinski definition) is 1. The largest absolute Gasteiger partial charge is 0.467 e. The second-order valence-electron chi connectivity index (χ2n) is 7.87. The average Bonchev–Trinajstić information content (AvgIpc) is 3.27. The summed E-state index contributed by atoms with van der Waals surface area (Å²) in [6.45, 7) is 2.99. The molecule has 0 spiro atoms. The van der Waals surface area contributed by atoms with Gasteiger partial charge in [0.2, 0.25) is 5.88 Å². The Labute approximate surface area is 186 Å². The molecule has 32 heavy (non-hydrogen) atoms. The van der Waals surface area contributed by atoms with E-state index in [2.05, 4.69) is 11.2 Å². The number of nitrogens with zero attached hydrogens (tertiary/aromatic N) is 5. The van der Waals surface area contributed by atoms with Gasteiger partial charge in [0.05, 0.1) is 30.5 Å². The van der Waals surface area contributed by atoms with Crippen LogP contribution in [0.5, 0.6) is 5.88 Å². The van der Waals surface area contributed by atoms with Crippen LogP contribution in [0.4, 0.5) is 0 Å². The van der Waals surface area contributed by atoms with Crippen molar-refractivity contribution in [2.45, 2.75) is 18.9 Å². The van der Waals surface area contributed by atoms with Gasteiger partial charge in [0.1, 0.15) is 0 Å². The van der Waals surface area contributed by atoms with Crippen LogP contribution in [0.15, 0.2) is 30.3 Å². The Bertz CT molecular complexity index is 1010. The highest BCUT2D eigenvalue weighted by Gasteiger charge is 2.26. The third kappa shape index (κ3) is 4.90. The number of nitrogens with two attached hydrogens (primary N) is 1. The van der Waals surface area contributed by atoms with Crippen LogP contribution < -0.4 is 10.5 Å². The number of carbonyl (C=O) groups excluding carboxylic acids is 2. The number of ether oxygens (including phenoxy) is 2. The highest BCUT2D eigenvalue weighted by Crippen LogP contribution is 2.22. The summed E-state index contributed by atoms with van der Waals surface area (Å²) in [7, 11) is 0. The molecular formula is C22H26N6O4. The summed E-state index contributed by atoms with van der Waals surface area (Å²) in [4.78, 5) is 28.9. The van der Waals surface area contributed by atoms with Crippen LogP contribution in [0.3, 0.4) is 0 Å². The lowest BCUT2D eigenvalue weighted by Gasteiger charge is -2.30. The maximum absolute atomic E-state index is 13.0. The van der Waals surface area contributed by atoms with Gasteiger partial charge < -0.3 is 25.0 Å². The summed E-state index contributed by atoms with van der Waals surface area (Å²) in [5.74, 6) is -0.103. The topological polar surface area (TPSA) is 127 Å². The van der Waals surface area contributed by atoms with Crippen molar-refractivity contribution in [3.05, 3.63) is 41.6 Å². The number of nitriles is 1. The average molecular weight is 438 g/mol. The number of carbonyl (C=O) groups is 2. The minimum absolute atomic E-state index is 0.0461. The Morgan fingerprint density at radius 2 is 1.94 bits per heavy atom. The molecule has 1 aromatic heterocycles. The maximum atomic E-state index is 13.0. The molecule has 0 saturated carbocycles. The molecule has 0 bridgehead atoms. The summed E-state index contributed by atoms with van der Waals surface area (Å²) in [5, 5.41) is 13.5. The van der Waals surface area contributed by atoms with Crippen LogP contribution in [0.1, 0.15) is 28.9 Å². The lowest BCUT2D eigenvalue weighted by molar-refractivity contribution is -0.137. The summed E-state index contributed by atoms with van der Waals surface area (Å²) < 4.78 is 12.6. The fourth-order valence-electron chi connectivity index (χ4n) is 3.83. The van der Waals surface area contributed by atoms with Crippen molar-refractivity contribution in [2.75, 3.05) is 46.0 Å². The maximum Gasteiger partial charge on any atom is 0.274 e. The molecule has 168 valence electrons. The highest BCUT2D eigenvalue weighted by molar-refractivity contribution is 5.93. The molecule has 2 saturated heterocycles. The van der Waals surface area contributed by atoms with Crippen molar-refractivity contribution in [2.24, 2.45) is 5.73 Å². The van der Waals surface area contributed by atoms with Crippen molar-refractivity contribution in [1.82, 2.24) is 19.6 Å². The number of likely N-dealkylation sites (tertiary alicyclic amines) is 1. The van der Waals surface area contributed by atoms with E-state index in [9.17, 15) is 9.59 Å². The van der Waals surface area contributed by atoms with Crippen molar-refractivity contribution in [3.63, 3.8) is 0 Å². The number of piperidine rings is 1. The van der Waals surface area contributed by atoms with E-state index in [1.165, 1.54) is 4.68 Å². The van der Waals surface area contributed by atoms with E-state index in [0.717, 1.165) is 12.8 Å². The number of rotatable bonds is 5. The van der Waals surface area contributed by atoms with Crippen molar-refractivity contribution in [1.29, 1.82) is 5.26 Å². The number of morpholine rings is 1.